The van der Waals surface area contributed by atoms with Crippen molar-refractivity contribution in [3.05, 3.63) is 14.4 Å². The number of hydrogen-bond acceptors (Lipinski definition) is 7. The summed E-state index contributed by atoms with van der Waals surface area (Å²) < 4.78 is 18.8. The molecule has 0 spiro atoms. The summed E-state index contributed by atoms with van der Waals surface area (Å²) in [6.45, 7) is 10.7. The van der Waals surface area contributed by atoms with Gasteiger partial charge in [-0.25, -0.2) is 0 Å². The SMILES string of the molecule is COC(C)OC(C)O.COC(C)OC(C)O.[CH2-]CCN.[CH3-].[Ti+2]. The third kappa shape index (κ3) is 42.8. The molecule has 0 aromatic carbocycles. The largest absolute Gasteiger partial charge is 2.00 e. The van der Waals surface area contributed by atoms with Gasteiger partial charge in [0.05, 0.1) is 0 Å². The van der Waals surface area contributed by atoms with E-state index in [9.17, 15) is 0 Å². The van der Waals surface area contributed by atoms with Crippen LogP contribution in [0.3, 0.4) is 0 Å². The molecular weight excluding hydrogens is 326 g/mol. The first-order valence-electron chi connectivity index (χ1n) is 6.46. The normalized spacial score (nSPS) is 14.5. The molecule has 136 valence electrons. The van der Waals surface area contributed by atoms with Crippen molar-refractivity contribution in [3.8, 4) is 0 Å². The van der Waals surface area contributed by atoms with Crippen molar-refractivity contribution in [2.24, 2.45) is 5.73 Å². The maximum Gasteiger partial charge on any atom is 2.00 e. The summed E-state index contributed by atoms with van der Waals surface area (Å²) in [6, 6.07) is 0. The number of methoxy groups -OCH3 is 2. The van der Waals surface area contributed by atoms with E-state index >= 15 is 0 Å². The molecule has 0 amide bonds. The Kier molecular flexibility index (Phi) is 40.6. The number of aliphatic hydroxyl groups excluding tert-OH is 2. The molecule has 4 atom stereocenters. The molecule has 4 unspecified atom stereocenters. The Morgan fingerprint density at radius 2 is 1.14 bits per heavy atom. The molecule has 4 N–H and O–H groups in total. The Hall–Kier alpha value is 0.434. The van der Waals surface area contributed by atoms with Crippen molar-refractivity contribution in [1.29, 1.82) is 0 Å². The first-order chi connectivity index (χ1) is 9.24. The minimum absolute atomic E-state index is 0. The van der Waals surface area contributed by atoms with E-state index in [1.807, 2.05) is 0 Å². The summed E-state index contributed by atoms with van der Waals surface area (Å²) >= 11 is 0. The molecule has 0 radical (unpaired) electrons. The van der Waals surface area contributed by atoms with E-state index < -0.39 is 12.6 Å². The van der Waals surface area contributed by atoms with Gasteiger partial charge in [-0.1, -0.05) is 0 Å². The molecule has 8 heteroatoms. The van der Waals surface area contributed by atoms with Gasteiger partial charge in [0.2, 0.25) is 0 Å². The third-order valence-corrected chi connectivity index (χ3v) is 1.65. The second-order valence-electron chi connectivity index (χ2n) is 3.72. The molecule has 0 aliphatic heterocycles. The zero-order chi connectivity index (χ0) is 16.6. The number of rotatable bonds is 7. The summed E-state index contributed by atoms with van der Waals surface area (Å²) in [5, 5.41) is 17.1. The fourth-order valence-electron chi connectivity index (χ4n) is 0.666. The van der Waals surface area contributed by atoms with Crippen molar-refractivity contribution in [2.75, 3.05) is 20.8 Å². The first-order valence-corrected chi connectivity index (χ1v) is 6.46. The second kappa shape index (κ2) is 26.3. The van der Waals surface area contributed by atoms with E-state index in [-0.39, 0.29) is 41.7 Å². The molecule has 0 fully saturated rings. The Balaban J connectivity index is -0.0000000661. The van der Waals surface area contributed by atoms with Crippen molar-refractivity contribution >= 4 is 0 Å². The van der Waals surface area contributed by atoms with Crippen LogP contribution in [-0.2, 0) is 40.7 Å². The van der Waals surface area contributed by atoms with Crippen LogP contribution in [0.15, 0.2) is 0 Å². The molecule has 7 nitrogen and oxygen atoms in total. The maximum atomic E-state index is 8.55. The zero-order valence-corrected chi connectivity index (χ0v) is 16.6. The van der Waals surface area contributed by atoms with Crippen molar-refractivity contribution in [2.45, 2.75) is 59.3 Å². The topological polar surface area (TPSA) is 103 Å². The summed E-state index contributed by atoms with van der Waals surface area (Å²) in [5.74, 6) is 0. The smallest absolute Gasteiger partial charge is 0.368 e. The summed E-state index contributed by atoms with van der Waals surface area (Å²) in [5.41, 5.74) is 4.97. The van der Waals surface area contributed by atoms with Gasteiger partial charge in [0, 0.05) is 14.2 Å². The minimum Gasteiger partial charge on any atom is -0.368 e. The van der Waals surface area contributed by atoms with E-state index in [1.165, 1.54) is 28.1 Å². The molecule has 0 bridgehead atoms. The van der Waals surface area contributed by atoms with E-state index in [0.29, 0.717) is 6.54 Å². The molecule has 0 aromatic heterocycles. The fourth-order valence-corrected chi connectivity index (χ4v) is 0.666. The van der Waals surface area contributed by atoms with Crippen molar-refractivity contribution in [1.82, 2.24) is 0 Å². The zero-order valence-electron chi connectivity index (χ0n) is 15.0. The van der Waals surface area contributed by atoms with Gasteiger partial charge in [-0.05, 0) is 34.2 Å². The predicted octanol–water partition coefficient (Wildman–Crippen LogP) is 1.28. The van der Waals surface area contributed by atoms with Crippen LogP contribution < -0.4 is 5.73 Å². The van der Waals surface area contributed by atoms with Crippen LogP contribution >= 0.6 is 0 Å². The molecule has 0 aliphatic rings. The van der Waals surface area contributed by atoms with Crippen LogP contribution in [-0.4, -0.2) is 56.1 Å². The van der Waals surface area contributed by atoms with Gasteiger partial charge in [0.25, 0.3) is 0 Å². The predicted molar refractivity (Wildman–Crippen MR) is 83.9 cm³/mol. The van der Waals surface area contributed by atoms with Gasteiger partial charge >= 0.3 is 21.7 Å². The molecule has 0 rings (SSSR count). The van der Waals surface area contributed by atoms with E-state index in [2.05, 4.69) is 16.4 Å². The van der Waals surface area contributed by atoms with Gasteiger partial charge in [0.15, 0.2) is 25.2 Å². The van der Waals surface area contributed by atoms with Gasteiger partial charge in [-0.15, -0.1) is 0 Å². The molecular formula is C14H35NO6Ti. The fraction of sp³-hybridized carbons (Fsp3) is 0.857. The van der Waals surface area contributed by atoms with Crippen LogP contribution in [0.5, 0.6) is 0 Å². The Labute approximate surface area is 151 Å². The van der Waals surface area contributed by atoms with Gasteiger partial charge in [0.1, 0.15) is 0 Å². The first kappa shape index (κ1) is 33.9. The second-order valence-corrected chi connectivity index (χ2v) is 3.72. The van der Waals surface area contributed by atoms with Crippen molar-refractivity contribution < 1.29 is 50.9 Å². The Morgan fingerprint density at radius 3 is 1.18 bits per heavy atom. The maximum absolute atomic E-state index is 8.55. The van der Waals surface area contributed by atoms with E-state index in [4.69, 9.17) is 25.4 Å². The molecule has 0 aromatic rings. The molecule has 22 heavy (non-hydrogen) atoms. The summed E-state index contributed by atoms with van der Waals surface area (Å²) in [7, 11) is 3.04. The molecule has 0 saturated heterocycles. The van der Waals surface area contributed by atoms with Crippen molar-refractivity contribution in [3.63, 3.8) is 0 Å². The standard InChI is InChI=1S/2C5H12O3.C3H8N.CH3.Ti/c2*1-4(6)8-5(2)7-3;1-2-3-4;;/h2*4-6H,1-3H3;1-4H2;1H3;/q;;2*-1;+2. The van der Waals surface area contributed by atoms with Crippen LogP contribution in [0.1, 0.15) is 34.1 Å². The average molecular weight is 361 g/mol. The minimum atomic E-state index is -0.745. The number of ether oxygens (including phenoxy) is 4. The summed E-state index contributed by atoms with van der Waals surface area (Å²) in [6.07, 6.45) is -1.29. The monoisotopic (exact) mass is 361 g/mol. The van der Waals surface area contributed by atoms with Crippen LogP contribution in [0, 0.1) is 14.4 Å². The van der Waals surface area contributed by atoms with Gasteiger partial charge in [-0.3, -0.25) is 0 Å². The van der Waals surface area contributed by atoms with E-state index in [1.54, 1.807) is 13.8 Å². The third-order valence-electron chi connectivity index (χ3n) is 1.65. The molecule has 0 aliphatic carbocycles. The Bertz CT molecular complexity index is 157. The van der Waals surface area contributed by atoms with Crippen LogP contribution in [0.4, 0.5) is 0 Å². The summed E-state index contributed by atoms with van der Waals surface area (Å²) in [4.78, 5) is 0. The number of hydrogen-bond donors (Lipinski definition) is 3. The molecule has 0 heterocycles. The van der Waals surface area contributed by atoms with Gasteiger partial charge < -0.3 is 49.2 Å². The quantitative estimate of drug-likeness (QED) is 0.357. The van der Waals surface area contributed by atoms with Crippen LogP contribution in [0.2, 0.25) is 0 Å². The Morgan fingerprint density at radius 1 is 0.909 bits per heavy atom. The van der Waals surface area contributed by atoms with Gasteiger partial charge in [-0.2, -0.15) is 6.42 Å². The number of nitrogens with two attached hydrogens (primary N) is 1. The molecule has 0 saturated carbocycles. The average Bonchev–Trinajstić information content (AvgIpc) is 2.38. The van der Waals surface area contributed by atoms with Crippen LogP contribution in [0.25, 0.3) is 0 Å². The van der Waals surface area contributed by atoms with E-state index in [0.717, 1.165) is 6.42 Å². The number of aliphatic hydroxyl groups is 2.